The van der Waals surface area contributed by atoms with Gasteiger partial charge in [-0.05, 0) is 11.4 Å². The van der Waals surface area contributed by atoms with Crippen molar-refractivity contribution in [2.45, 2.75) is 6.61 Å². The topological polar surface area (TPSA) is 37.9 Å². The molecular formula is C8H8N2OS. The van der Waals surface area contributed by atoms with Gasteiger partial charge in [0.2, 0.25) is 0 Å². The minimum Gasteiger partial charge on any atom is -0.459 e. The SMILES string of the molecule is c1csc(COc2ncc[nH]2)c1. The zero-order valence-corrected chi connectivity index (χ0v) is 7.17. The van der Waals surface area contributed by atoms with Gasteiger partial charge < -0.3 is 9.72 Å². The Bertz CT molecular complexity index is 280. The summed E-state index contributed by atoms with van der Waals surface area (Å²) in [5.41, 5.74) is 0. The molecule has 4 heteroatoms. The Morgan fingerprint density at radius 1 is 1.58 bits per heavy atom. The van der Waals surface area contributed by atoms with Gasteiger partial charge >= 0.3 is 0 Å². The Morgan fingerprint density at radius 3 is 3.25 bits per heavy atom. The van der Waals surface area contributed by atoms with Crippen molar-refractivity contribution in [3.05, 3.63) is 34.8 Å². The lowest BCUT2D eigenvalue weighted by Crippen LogP contribution is -1.93. The maximum Gasteiger partial charge on any atom is 0.293 e. The van der Waals surface area contributed by atoms with E-state index in [9.17, 15) is 0 Å². The van der Waals surface area contributed by atoms with Crippen molar-refractivity contribution in [1.29, 1.82) is 0 Å². The minimum absolute atomic E-state index is 0.573. The molecule has 2 rings (SSSR count). The predicted molar refractivity (Wildman–Crippen MR) is 47.2 cm³/mol. The van der Waals surface area contributed by atoms with E-state index < -0.39 is 0 Å². The van der Waals surface area contributed by atoms with E-state index in [1.54, 1.807) is 23.7 Å². The molecule has 0 saturated carbocycles. The second-order valence-electron chi connectivity index (χ2n) is 2.26. The Morgan fingerprint density at radius 2 is 2.58 bits per heavy atom. The molecule has 0 spiro atoms. The van der Waals surface area contributed by atoms with Gasteiger partial charge in [-0.1, -0.05) is 6.07 Å². The normalized spacial score (nSPS) is 10.0. The van der Waals surface area contributed by atoms with Crippen molar-refractivity contribution in [3.8, 4) is 6.01 Å². The first-order chi connectivity index (χ1) is 5.95. The lowest BCUT2D eigenvalue weighted by atomic mass is 10.5. The molecule has 0 amide bonds. The molecule has 0 bridgehead atoms. The lowest BCUT2D eigenvalue weighted by molar-refractivity contribution is 0.287. The maximum absolute atomic E-state index is 5.33. The largest absolute Gasteiger partial charge is 0.459 e. The van der Waals surface area contributed by atoms with Crippen LogP contribution in [0.3, 0.4) is 0 Å². The minimum atomic E-state index is 0.573. The third-order valence-corrected chi connectivity index (χ3v) is 2.25. The highest BCUT2D eigenvalue weighted by atomic mass is 32.1. The van der Waals surface area contributed by atoms with E-state index in [0.717, 1.165) is 0 Å². The van der Waals surface area contributed by atoms with Gasteiger partial charge in [0, 0.05) is 17.3 Å². The van der Waals surface area contributed by atoms with Crippen molar-refractivity contribution >= 4 is 11.3 Å². The van der Waals surface area contributed by atoms with Crippen molar-refractivity contribution in [1.82, 2.24) is 9.97 Å². The number of nitrogens with one attached hydrogen (secondary N) is 1. The van der Waals surface area contributed by atoms with E-state index in [-0.39, 0.29) is 0 Å². The number of nitrogens with zero attached hydrogens (tertiary/aromatic N) is 1. The second-order valence-corrected chi connectivity index (χ2v) is 3.29. The molecule has 2 heterocycles. The Balaban J connectivity index is 1.91. The molecule has 62 valence electrons. The van der Waals surface area contributed by atoms with Crippen LogP contribution in [0.4, 0.5) is 0 Å². The van der Waals surface area contributed by atoms with E-state index in [0.29, 0.717) is 12.6 Å². The highest BCUT2D eigenvalue weighted by Gasteiger charge is 1.96. The van der Waals surface area contributed by atoms with Crippen LogP contribution in [-0.4, -0.2) is 9.97 Å². The highest BCUT2D eigenvalue weighted by molar-refractivity contribution is 7.09. The molecule has 3 nitrogen and oxygen atoms in total. The molecule has 0 aliphatic carbocycles. The van der Waals surface area contributed by atoms with Crippen LogP contribution in [0.25, 0.3) is 0 Å². The summed E-state index contributed by atoms with van der Waals surface area (Å²) in [6.07, 6.45) is 3.41. The monoisotopic (exact) mass is 180 g/mol. The van der Waals surface area contributed by atoms with Gasteiger partial charge in [0.05, 0.1) is 0 Å². The molecule has 2 aromatic rings. The van der Waals surface area contributed by atoms with Crippen LogP contribution < -0.4 is 4.74 Å². The van der Waals surface area contributed by atoms with E-state index in [1.165, 1.54) is 4.88 Å². The average Bonchev–Trinajstić information content (AvgIpc) is 2.74. The first-order valence-electron chi connectivity index (χ1n) is 3.60. The Labute approximate surface area is 74.0 Å². The highest BCUT2D eigenvalue weighted by Crippen LogP contribution is 2.10. The fourth-order valence-corrected chi connectivity index (χ4v) is 1.48. The molecule has 0 unspecified atom stereocenters. The number of H-pyrrole nitrogens is 1. The zero-order valence-electron chi connectivity index (χ0n) is 6.36. The quantitative estimate of drug-likeness (QED) is 0.785. The van der Waals surface area contributed by atoms with Gasteiger partial charge in [-0.3, -0.25) is 0 Å². The van der Waals surface area contributed by atoms with Crippen LogP contribution in [0.5, 0.6) is 6.01 Å². The first-order valence-corrected chi connectivity index (χ1v) is 4.47. The Kier molecular flexibility index (Phi) is 2.09. The van der Waals surface area contributed by atoms with Crippen LogP contribution in [0.2, 0.25) is 0 Å². The molecule has 1 N–H and O–H groups in total. The van der Waals surface area contributed by atoms with Crippen molar-refractivity contribution in [2.75, 3.05) is 0 Å². The molecule has 0 atom stereocenters. The van der Waals surface area contributed by atoms with E-state index >= 15 is 0 Å². The molecule has 0 fully saturated rings. The summed E-state index contributed by atoms with van der Waals surface area (Å²) in [6, 6.07) is 4.61. The third-order valence-electron chi connectivity index (χ3n) is 1.40. The summed E-state index contributed by atoms with van der Waals surface area (Å²) in [5, 5.41) is 2.03. The fraction of sp³-hybridized carbons (Fsp3) is 0.125. The van der Waals surface area contributed by atoms with E-state index in [4.69, 9.17) is 4.74 Å². The van der Waals surface area contributed by atoms with Crippen LogP contribution in [0.1, 0.15) is 4.88 Å². The second kappa shape index (κ2) is 3.40. The van der Waals surface area contributed by atoms with E-state index in [2.05, 4.69) is 9.97 Å². The van der Waals surface area contributed by atoms with Crippen LogP contribution in [-0.2, 0) is 6.61 Å². The van der Waals surface area contributed by atoms with Crippen LogP contribution in [0.15, 0.2) is 29.9 Å². The number of aromatic nitrogens is 2. The average molecular weight is 180 g/mol. The van der Waals surface area contributed by atoms with Gasteiger partial charge in [0.1, 0.15) is 6.61 Å². The van der Waals surface area contributed by atoms with Gasteiger partial charge in [-0.15, -0.1) is 11.3 Å². The van der Waals surface area contributed by atoms with Gasteiger partial charge in [0.25, 0.3) is 6.01 Å². The van der Waals surface area contributed by atoms with Crippen molar-refractivity contribution in [3.63, 3.8) is 0 Å². The van der Waals surface area contributed by atoms with Crippen molar-refractivity contribution < 1.29 is 4.74 Å². The smallest absolute Gasteiger partial charge is 0.293 e. The maximum atomic E-state index is 5.33. The number of thiophene rings is 1. The summed E-state index contributed by atoms with van der Waals surface area (Å²) in [4.78, 5) is 8.01. The van der Waals surface area contributed by atoms with Crippen LogP contribution in [0, 0.1) is 0 Å². The number of ether oxygens (including phenoxy) is 1. The predicted octanol–water partition coefficient (Wildman–Crippen LogP) is 2.05. The molecule has 0 aromatic carbocycles. The molecule has 0 saturated heterocycles. The standard InChI is InChI=1S/C8H8N2OS/c1-2-7(12-5-1)6-11-8-9-3-4-10-8/h1-5H,6H2,(H,9,10). The number of hydrogen-bond acceptors (Lipinski definition) is 3. The summed E-state index contributed by atoms with van der Waals surface area (Å²) >= 11 is 1.68. The van der Waals surface area contributed by atoms with E-state index in [1.807, 2.05) is 17.5 Å². The number of hydrogen-bond donors (Lipinski definition) is 1. The number of aromatic amines is 1. The van der Waals surface area contributed by atoms with Gasteiger partial charge in [0.15, 0.2) is 0 Å². The first kappa shape index (κ1) is 7.36. The third kappa shape index (κ3) is 1.65. The zero-order chi connectivity index (χ0) is 8.23. The summed E-state index contributed by atoms with van der Waals surface area (Å²) in [5.74, 6) is 0. The summed E-state index contributed by atoms with van der Waals surface area (Å²) in [7, 11) is 0. The van der Waals surface area contributed by atoms with Gasteiger partial charge in [-0.2, -0.15) is 0 Å². The van der Waals surface area contributed by atoms with Crippen molar-refractivity contribution in [2.24, 2.45) is 0 Å². The molecule has 0 radical (unpaired) electrons. The molecule has 2 aromatic heterocycles. The lowest BCUT2D eigenvalue weighted by Gasteiger charge is -1.98. The molecule has 12 heavy (non-hydrogen) atoms. The van der Waals surface area contributed by atoms with Gasteiger partial charge in [-0.25, -0.2) is 4.98 Å². The molecule has 0 aliphatic heterocycles. The summed E-state index contributed by atoms with van der Waals surface area (Å²) < 4.78 is 5.33. The number of imidazole rings is 1. The molecular weight excluding hydrogens is 172 g/mol. The molecule has 0 aliphatic rings. The number of rotatable bonds is 3. The fourth-order valence-electron chi connectivity index (χ4n) is 0.864. The Hall–Kier alpha value is -1.29. The summed E-state index contributed by atoms with van der Waals surface area (Å²) in [6.45, 7) is 0.588. The van der Waals surface area contributed by atoms with Crippen LogP contribution >= 0.6 is 11.3 Å².